The van der Waals surface area contributed by atoms with Crippen molar-refractivity contribution < 1.29 is 4.79 Å². The lowest BCUT2D eigenvalue weighted by atomic mass is 9.77. The Hall–Kier alpha value is -1.58. The maximum atomic E-state index is 13.4. The van der Waals surface area contributed by atoms with Gasteiger partial charge in [-0.25, -0.2) is 4.98 Å². The molecule has 3 fully saturated rings. The Morgan fingerprint density at radius 2 is 1.92 bits per heavy atom. The molecule has 0 bridgehead atoms. The molecular weight excluding hydrogens is 310 g/mol. The molecule has 0 radical (unpaired) electrons. The molecule has 25 heavy (non-hydrogen) atoms. The Balaban J connectivity index is 1.52. The molecule has 0 N–H and O–H groups in total. The third-order valence-corrected chi connectivity index (χ3v) is 6.56. The van der Waals surface area contributed by atoms with E-state index in [-0.39, 0.29) is 5.41 Å². The monoisotopic (exact) mass is 341 g/mol. The van der Waals surface area contributed by atoms with Gasteiger partial charge in [-0.3, -0.25) is 4.79 Å². The van der Waals surface area contributed by atoms with Crippen LogP contribution in [0.4, 0.5) is 5.82 Å². The average molecular weight is 341 g/mol. The van der Waals surface area contributed by atoms with E-state index < -0.39 is 0 Å². The number of amides is 1. The van der Waals surface area contributed by atoms with Gasteiger partial charge in [-0.15, -0.1) is 0 Å². The first-order valence-corrected chi connectivity index (χ1v) is 10.1. The third kappa shape index (κ3) is 3.04. The molecule has 1 spiro atoms. The normalized spacial score (nSPS) is 27.9. The summed E-state index contributed by atoms with van der Waals surface area (Å²) in [6, 6.07) is 6.83. The number of likely N-dealkylation sites (tertiary alicyclic amines) is 1. The van der Waals surface area contributed by atoms with Crippen LogP contribution < -0.4 is 4.90 Å². The molecule has 3 heterocycles. The van der Waals surface area contributed by atoms with Crippen LogP contribution in [0.15, 0.2) is 18.2 Å². The number of aromatic nitrogens is 1. The summed E-state index contributed by atoms with van der Waals surface area (Å²) >= 11 is 0. The Labute approximate surface area is 151 Å². The summed E-state index contributed by atoms with van der Waals surface area (Å²) in [6.07, 6.45) is 8.21. The maximum Gasteiger partial charge on any atom is 0.230 e. The zero-order chi connectivity index (χ0) is 17.4. The maximum absolute atomic E-state index is 13.4. The predicted molar refractivity (Wildman–Crippen MR) is 101 cm³/mol. The van der Waals surface area contributed by atoms with Gasteiger partial charge >= 0.3 is 0 Å². The number of carbonyl (C=O) groups excluding carboxylic acids is 1. The van der Waals surface area contributed by atoms with E-state index in [0.29, 0.717) is 17.9 Å². The van der Waals surface area contributed by atoms with Crippen LogP contribution in [0.1, 0.15) is 70.4 Å². The van der Waals surface area contributed by atoms with Crippen LogP contribution in [0.3, 0.4) is 0 Å². The van der Waals surface area contributed by atoms with Crippen molar-refractivity contribution in [3.8, 4) is 0 Å². The van der Waals surface area contributed by atoms with Gasteiger partial charge in [-0.05, 0) is 50.2 Å². The number of hydrogen-bond acceptors (Lipinski definition) is 3. The van der Waals surface area contributed by atoms with Crippen LogP contribution in [-0.4, -0.2) is 41.5 Å². The second-order valence-corrected chi connectivity index (χ2v) is 8.57. The Kier molecular flexibility index (Phi) is 4.47. The van der Waals surface area contributed by atoms with Crippen LogP contribution >= 0.6 is 0 Å². The molecule has 0 unspecified atom stereocenters. The highest BCUT2D eigenvalue weighted by Crippen LogP contribution is 2.43. The minimum absolute atomic E-state index is 0.156. The van der Waals surface area contributed by atoms with E-state index in [1.54, 1.807) is 0 Å². The summed E-state index contributed by atoms with van der Waals surface area (Å²) in [5.74, 6) is 1.92. The van der Waals surface area contributed by atoms with Gasteiger partial charge in [0.2, 0.25) is 5.91 Å². The molecule has 0 aromatic carbocycles. The van der Waals surface area contributed by atoms with Gasteiger partial charge < -0.3 is 9.80 Å². The van der Waals surface area contributed by atoms with Crippen LogP contribution in [0, 0.1) is 5.41 Å². The molecule has 3 aliphatic rings. The molecule has 4 heteroatoms. The van der Waals surface area contributed by atoms with Gasteiger partial charge in [0.1, 0.15) is 5.82 Å². The first-order valence-electron chi connectivity index (χ1n) is 10.1. The standard InChI is InChI=1S/C21H31N3O/c1-16(2)18-9-5-10-19(22-18)23-14-12-21(15-23)11-6-13-24(20(21)25)17-7-3-4-8-17/h5,9-10,16-17H,3-4,6-8,11-15H2,1-2H3/t21-/m1/s1. The first kappa shape index (κ1) is 16.9. The number of anilines is 1. The van der Waals surface area contributed by atoms with Crippen molar-refractivity contribution >= 4 is 11.7 Å². The Morgan fingerprint density at radius 1 is 1.12 bits per heavy atom. The molecule has 4 rings (SSSR count). The van der Waals surface area contributed by atoms with Crippen molar-refractivity contribution in [1.82, 2.24) is 9.88 Å². The number of pyridine rings is 1. The summed E-state index contributed by atoms with van der Waals surface area (Å²) in [7, 11) is 0. The van der Waals surface area contributed by atoms with E-state index >= 15 is 0 Å². The van der Waals surface area contributed by atoms with Crippen LogP contribution in [-0.2, 0) is 4.79 Å². The molecule has 1 atom stereocenters. The van der Waals surface area contributed by atoms with Crippen molar-refractivity contribution in [1.29, 1.82) is 0 Å². The van der Waals surface area contributed by atoms with E-state index in [1.165, 1.54) is 25.7 Å². The summed E-state index contributed by atoms with van der Waals surface area (Å²) in [5, 5.41) is 0. The molecule has 1 aromatic rings. The lowest BCUT2D eigenvalue weighted by molar-refractivity contribution is -0.147. The van der Waals surface area contributed by atoms with Crippen molar-refractivity contribution in [2.75, 3.05) is 24.5 Å². The first-order chi connectivity index (χ1) is 12.1. The van der Waals surface area contributed by atoms with Gasteiger partial charge in [-0.2, -0.15) is 0 Å². The summed E-state index contributed by atoms with van der Waals surface area (Å²) in [5.41, 5.74) is 0.983. The highest BCUT2D eigenvalue weighted by Gasteiger charge is 2.50. The smallest absolute Gasteiger partial charge is 0.230 e. The topological polar surface area (TPSA) is 36.4 Å². The molecular formula is C21H31N3O. The van der Waals surface area contributed by atoms with Crippen LogP contribution in [0.25, 0.3) is 0 Å². The zero-order valence-corrected chi connectivity index (χ0v) is 15.7. The number of rotatable bonds is 3. The largest absolute Gasteiger partial charge is 0.355 e. The molecule has 1 aliphatic carbocycles. The van der Waals surface area contributed by atoms with Gasteiger partial charge in [0.15, 0.2) is 0 Å². The predicted octanol–water partition coefficient (Wildman–Crippen LogP) is 3.97. The number of piperidine rings is 1. The third-order valence-electron chi connectivity index (χ3n) is 6.56. The van der Waals surface area contributed by atoms with E-state index in [4.69, 9.17) is 4.98 Å². The van der Waals surface area contributed by atoms with E-state index in [9.17, 15) is 4.79 Å². The fourth-order valence-electron chi connectivity index (χ4n) is 5.05. The van der Waals surface area contributed by atoms with Crippen molar-refractivity contribution in [3.63, 3.8) is 0 Å². The van der Waals surface area contributed by atoms with Crippen LogP contribution in [0.5, 0.6) is 0 Å². The average Bonchev–Trinajstić information content (AvgIpc) is 3.28. The molecule has 2 saturated heterocycles. The lowest BCUT2D eigenvalue weighted by Crippen LogP contribution is -2.53. The molecule has 136 valence electrons. The van der Waals surface area contributed by atoms with Gasteiger partial charge in [0.05, 0.1) is 5.41 Å². The summed E-state index contributed by atoms with van der Waals surface area (Å²) in [6.45, 7) is 7.15. The van der Waals surface area contributed by atoms with Gasteiger partial charge in [0, 0.05) is 31.4 Å². The number of nitrogens with zero attached hydrogens (tertiary/aromatic N) is 3. The van der Waals surface area contributed by atoms with Gasteiger partial charge in [-0.1, -0.05) is 32.8 Å². The fourth-order valence-corrected chi connectivity index (χ4v) is 5.05. The lowest BCUT2D eigenvalue weighted by Gasteiger charge is -2.42. The molecule has 2 aliphatic heterocycles. The number of carbonyl (C=O) groups is 1. The van der Waals surface area contributed by atoms with Crippen molar-refractivity contribution in [2.24, 2.45) is 5.41 Å². The number of hydrogen-bond donors (Lipinski definition) is 0. The van der Waals surface area contributed by atoms with E-state index in [1.807, 2.05) is 0 Å². The van der Waals surface area contributed by atoms with Crippen molar-refractivity contribution in [2.45, 2.75) is 70.8 Å². The Bertz CT molecular complexity index is 638. The summed E-state index contributed by atoms with van der Waals surface area (Å²) in [4.78, 5) is 22.8. The van der Waals surface area contributed by atoms with E-state index in [0.717, 1.165) is 50.4 Å². The minimum Gasteiger partial charge on any atom is -0.355 e. The quantitative estimate of drug-likeness (QED) is 0.835. The van der Waals surface area contributed by atoms with Gasteiger partial charge in [0.25, 0.3) is 0 Å². The SMILES string of the molecule is CC(C)c1cccc(N2CC[C@]3(CCCN(C4CCCC4)C3=O)C2)n1. The summed E-state index contributed by atoms with van der Waals surface area (Å²) < 4.78 is 0. The zero-order valence-electron chi connectivity index (χ0n) is 15.7. The highest BCUT2D eigenvalue weighted by molar-refractivity contribution is 5.85. The minimum atomic E-state index is -0.156. The molecule has 1 amide bonds. The second kappa shape index (κ2) is 6.62. The van der Waals surface area contributed by atoms with Crippen LogP contribution in [0.2, 0.25) is 0 Å². The van der Waals surface area contributed by atoms with Crippen molar-refractivity contribution in [3.05, 3.63) is 23.9 Å². The molecule has 4 nitrogen and oxygen atoms in total. The van der Waals surface area contributed by atoms with E-state index in [2.05, 4.69) is 41.8 Å². The Morgan fingerprint density at radius 3 is 2.68 bits per heavy atom. The molecule has 1 aromatic heterocycles. The molecule has 1 saturated carbocycles. The fraction of sp³-hybridized carbons (Fsp3) is 0.714. The second-order valence-electron chi connectivity index (χ2n) is 8.57. The highest BCUT2D eigenvalue weighted by atomic mass is 16.2.